The Bertz CT molecular complexity index is 560. The number of rotatable bonds is 5. The minimum absolute atomic E-state index is 0.185. The van der Waals surface area contributed by atoms with Crippen LogP contribution in [0, 0.1) is 0 Å². The highest BCUT2D eigenvalue weighted by Crippen LogP contribution is 2.19. The van der Waals surface area contributed by atoms with Gasteiger partial charge in [-0.2, -0.15) is 11.8 Å². The van der Waals surface area contributed by atoms with E-state index >= 15 is 0 Å². The van der Waals surface area contributed by atoms with Crippen molar-refractivity contribution in [1.29, 1.82) is 0 Å². The largest absolute Gasteiger partial charge is 0.342 e. The van der Waals surface area contributed by atoms with Crippen LogP contribution >= 0.6 is 11.8 Å². The van der Waals surface area contributed by atoms with Gasteiger partial charge < -0.3 is 4.98 Å². The average Bonchev–Trinajstić information content (AvgIpc) is 2.78. The Morgan fingerprint density at radius 1 is 1.44 bits per heavy atom. The van der Waals surface area contributed by atoms with E-state index in [-0.39, 0.29) is 5.78 Å². The summed E-state index contributed by atoms with van der Waals surface area (Å²) in [7, 11) is 0. The molecule has 0 atom stereocenters. The van der Waals surface area contributed by atoms with E-state index in [4.69, 9.17) is 0 Å². The van der Waals surface area contributed by atoms with Crippen molar-refractivity contribution in [2.24, 2.45) is 0 Å². The lowest BCUT2D eigenvalue weighted by Crippen LogP contribution is -2.02. The van der Waals surface area contributed by atoms with Crippen molar-refractivity contribution in [1.82, 2.24) is 9.97 Å². The molecule has 0 aliphatic rings. The van der Waals surface area contributed by atoms with Crippen LogP contribution in [0.15, 0.2) is 18.2 Å². The Hall–Kier alpha value is -1.29. The lowest BCUT2D eigenvalue weighted by atomic mass is 10.1. The molecule has 0 unspecified atom stereocenters. The van der Waals surface area contributed by atoms with Crippen LogP contribution in [0.2, 0.25) is 0 Å². The molecule has 0 saturated carbocycles. The monoisotopic (exact) mass is 262 g/mol. The Morgan fingerprint density at radius 2 is 2.22 bits per heavy atom. The van der Waals surface area contributed by atoms with E-state index in [1.54, 1.807) is 11.8 Å². The molecule has 0 saturated heterocycles. The predicted molar refractivity (Wildman–Crippen MR) is 77.5 cm³/mol. The number of thioether (sulfide) groups is 1. The van der Waals surface area contributed by atoms with Crippen LogP contribution < -0.4 is 0 Å². The molecule has 2 rings (SSSR count). The summed E-state index contributed by atoms with van der Waals surface area (Å²) in [5.74, 6) is 3.04. The molecule has 0 fully saturated rings. The number of benzene rings is 1. The van der Waals surface area contributed by atoms with Crippen LogP contribution in [-0.4, -0.2) is 27.3 Å². The number of carbonyl (C=O) groups is 1. The highest BCUT2D eigenvalue weighted by Gasteiger charge is 2.10. The Kier molecular flexibility index (Phi) is 4.07. The maximum Gasteiger partial charge on any atom is 0.172 e. The molecule has 1 N–H and O–H groups in total. The van der Waals surface area contributed by atoms with Crippen molar-refractivity contribution in [2.75, 3.05) is 11.5 Å². The first-order chi connectivity index (χ1) is 8.61. The number of carbonyl (C=O) groups excluding carboxylic acids is 1. The molecule has 2 aromatic rings. The molecule has 1 aromatic carbocycles. The minimum Gasteiger partial charge on any atom is -0.342 e. The van der Waals surface area contributed by atoms with Crippen LogP contribution in [0.1, 0.15) is 42.9 Å². The van der Waals surface area contributed by atoms with E-state index in [9.17, 15) is 4.79 Å². The SMILES string of the molecule is CCSCC(=O)c1ccc2nc(C(C)C)[nH]c2c1. The molecule has 18 heavy (non-hydrogen) atoms. The molecule has 0 aliphatic heterocycles. The van der Waals surface area contributed by atoms with E-state index < -0.39 is 0 Å². The number of imidazole rings is 1. The highest BCUT2D eigenvalue weighted by molar-refractivity contribution is 7.99. The number of aromatic amines is 1. The molecule has 0 amide bonds. The van der Waals surface area contributed by atoms with Gasteiger partial charge in [0.1, 0.15) is 5.82 Å². The fourth-order valence-corrected chi connectivity index (χ4v) is 2.31. The van der Waals surface area contributed by atoms with Gasteiger partial charge in [0.15, 0.2) is 5.78 Å². The number of ketones is 1. The first-order valence-electron chi connectivity index (χ1n) is 6.22. The zero-order valence-electron chi connectivity index (χ0n) is 11.0. The summed E-state index contributed by atoms with van der Waals surface area (Å²) < 4.78 is 0. The molecule has 0 aliphatic carbocycles. The third kappa shape index (κ3) is 2.75. The normalized spacial score (nSPS) is 11.3. The lowest BCUT2D eigenvalue weighted by molar-refractivity contribution is 0.102. The van der Waals surface area contributed by atoms with Gasteiger partial charge in [0, 0.05) is 11.5 Å². The number of nitrogens with one attached hydrogen (secondary N) is 1. The predicted octanol–water partition coefficient (Wildman–Crippen LogP) is 3.62. The molecule has 3 nitrogen and oxygen atoms in total. The third-order valence-corrected chi connectivity index (χ3v) is 3.68. The van der Waals surface area contributed by atoms with Gasteiger partial charge in [-0.25, -0.2) is 4.98 Å². The number of fused-ring (bicyclic) bond motifs is 1. The van der Waals surface area contributed by atoms with Gasteiger partial charge in [-0.1, -0.05) is 20.8 Å². The number of H-pyrrole nitrogens is 1. The molecule has 0 spiro atoms. The van der Waals surface area contributed by atoms with Gasteiger partial charge in [-0.05, 0) is 24.0 Å². The van der Waals surface area contributed by atoms with E-state index in [2.05, 4.69) is 30.7 Å². The third-order valence-electron chi connectivity index (χ3n) is 2.81. The molecular formula is C14H18N2OS. The quantitative estimate of drug-likeness (QED) is 0.837. The molecule has 4 heteroatoms. The fraction of sp³-hybridized carbons (Fsp3) is 0.429. The second-order valence-corrected chi connectivity index (χ2v) is 5.84. The number of Topliss-reactive ketones (excluding diaryl/α,β-unsaturated/α-hetero) is 1. The van der Waals surface area contributed by atoms with E-state index in [0.717, 1.165) is 28.2 Å². The van der Waals surface area contributed by atoms with Crippen molar-refractivity contribution in [3.63, 3.8) is 0 Å². The van der Waals surface area contributed by atoms with Crippen molar-refractivity contribution < 1.29 is 4.79 Å². The van der Waals surface area contributed by atoms with Crippen molar-refractivity contribution in [3.05, 3.63) is 29.6 Å². The Morgan fingerprint density at radius 3 is 2.89 bits per heavy atom. The number of nitrogens with zero attached hydrogens (tertiary/aromatic N) is 1. The average molecular weight is 262 g/mol. The standard InChI is InChI=1S/C14H18N2OS/c1-4-18-8-13(17)10-5-6-11-12(7-10)16-14(15-11)9(2)3/h5-7,9H,4,8H2,1-3H3,(H,15,16). The summed E-state index contributed by atoms with van der Waals surface area (Å²) in [6.45, 7) is 6.26. The Labute approximate surface area is 111 Å². The van der Waals surface area contributed by atoms with Gasteiger partial charge in [0.2, 0.25) is 0 Å². The van der Waals surface area contributed by atoms with Crippen molar-refractivity contribution in [3.8, 4) is 0 Å². The second-order valence-electron chi connectivity index (χ2n) is 4.57. The van der Waals surface area contributed by atoms with Crippen LogP contribution in [0.3, 0.4) is 0 Å². The van der Waals surface area contributed by atoms with Gasteiger partial charge in [0.25, 0.3) is 0 Å². The summed E-state index contributed by atoms with van der Waals surface area (Å²) in [6, 6.07) is 5.69. The summed E-state index contributed by atoms with van der Waals surface area (Å²) in [5, 5.41) is 0. The van der Waals surface area contributed by atoms with Gasteiger partial charge in [-0.15, -0.1) is 0 Å². The summed E-state index contributed by atoms with van der Waals surface area (Å²) >= 11 is 1.65. The molecular weight excluding hydrogens is 244 g/mol. The topological polar surface area (TPSA) is 45.8 Å². The van der Waals surface area contributed by atoms with Gasteiger partial charge in [0.05, 0.1) is 16.8 Å². The summed E-state index contributed by atoms with van der Waals surface area (Å²) in [5.41, 5.74) is 2.65. The smallest absolute Gasteiger partial charge is 0.172 e. The molecule has 1 heterocycles. The van der Waals surface area contributed by atoms with Crippen LogP contribution in [0.5, 0.6) is 0 Å². The maximum absolute atomic E-state index is 11.9. The zero-order valence-corrected chi connectivity index (χ0v) is 11.8. The first kappa shape index (κ1) is 13.1. The second kappa shape index (κ2) is 5.57. The lowest BCUT2D eigenvalue weighted by Gasteiger charge is -1.99. The van der Waals surface area contributed by atoms with Gasteiger partial charge >= 0.3 is 0 Å². The minimum atomic E-state index is 0.185. The number of aromatic nitrogens is 2. The van der Waals surface area contributed by atoms with Crippen LogP contribution in [0.4, 0.5) is 0 Å². The molecule has 0 radical (unpaired) electrons. The summed E-state index contributed by atoms with van der Waals surface area (Å²) in [6.07, 6.45) is 0. The number of hydrogen-bond acceptors (Lipinski definition) is 3. The highest BCUT2D eigenvalue weighted by atomic mass is 32.2. The van der Waals surface area contributed by atoms with Crippen molar-refractivity contribution >= 4 is 28.6 Å². The van der Waals surface area contributed by atoms with E-state index in [1.807, 2.05) is 18.2 Å². The first-order valence-corrected chi connectivity index (χ1v) is 7.38. The maximum atomic E-state index is 11.9. The Balaban J connectivity index is 2.29. The van der Waals surface area contributed by atoms with Crippen LogP contribution in [0.25, 0.3) is 11.0 Å². The molecule has 96 valence electrons. The fourth-order valence-electron chi connectivity index (χ4n) is 1.75. The zero-order chi connectivity index (χ0) is 13.1. The van der Waals surface area contributed by atoms with Crippen molar-refractivity contribution in [2.45, 2.75) is 26.7 Å². The van der Waals surface area contributed by atoms with Gasteiger partial charge in [-0.3, -0.25) is 4.79 Å². The molecule has 0 bridgehead atoms. The van der Waals surface area contributed by atoms with E-state index in [1.165, 1.54) is 0 Å². The van der Waals surface area contributed by atoms with E-state index in [0.29, 0.717) is 11.7 Å². The summed E-state index contributed by atoms with van der Waals surface area (Å²) in [4.78, 5) is 19.7. The number of hydrogen-bond donors (Lipinski definition) is 1. The van der Waals surface area contributed by atoms with Crippen LogP contribution in [-0.2, 0) is 0 Å². The molecule has 1 aromatic heterocycles.